The van der Waals surface area contributed by atoms with Crippen molar-refractivity contribution in [2.75, 3.05) is 6.61 Å². The first-order chi connectivity index (χ1) is 10.2. The highest BCUT2D eigenvalue weighted by Crippen LogP contribution is 2.25. The summed E-state index contributed by atoms with van der Waals surface area (Å²) < 4.78 is 19.1. The van der Waals surface area contributed by atoms with E-state index in [1.165, 1.54) is 0 Å². The monoisotopic (exact) mass is 310 g/mol. The molecule has 0 spiro atoms. The summed E-state index contributed by atoms with van der Waals surface area (Å²) in [6.45, 7) is 5.98. The van der Waals surface area contributed by atoms with Crippen molar-refractivity contribution in [3.8, 4) is 0 Å². The third-order valence-corrected chi connectivity index (χ3v) is 3.77. The largest absolute Gasteiger partial charge is 0.375 e. The number of hydrogen-bond donors (Lipinski definition) is 1. The zero-order valence-corrected chi connectivity index (χ0v) is 12.8. The highest BCUT2D eigenvalue weighted by Gasteiger charge is 2.30. The van der Waals surface area contributed by atoms with E-state index >= 15 is 0 Å². The number of carbonyl (C=O) groups is 1. The van der Waals surface area contributed by atoms with Crippen LogP contribution in [0.5, 0.6) is 0 Å². The van der Waals surface area contributed by atoms with Crippen molar-refractivity contribution in [2.45, 2.75) is 45.3 Å². The molecule has 1 aliphatic rings. The zero-order valence-electron chi connectivity index (χ0n) is 12.8. The molecule has 6 nitrogen and oxygen atoms in total. The summed E-state index contributed by atoms with van der Waals surface area (Å²) in [7, 11) is 0. The van der Waals surface area contributed by atoms with E-state index in [0.717, 1.165) is 12.1 Å². The number of rotatable bonds is 3. The van der Waals surface area contributed by atoms with Crippen LogP contribution >= 0.6 is 0 Å². The molecule has 0 aliphatic carbocycles. The Bertz CT molecular complexity index is 616. The highest BCUT2D eigenvalue weighted by molar-refractivity contribution is 5.96. The van der Waals surface area contributed by atoms with Crippen LogP contribution in [0.25, 0.3) is 0 Å². The molecule has 120 valence electrons. The van der Waals surface area contributed by atoms with Crippen LogP contribution in [0.2, 0.25) is 0 Å². The molecule has 22 heavy (non-hydrogen) atoms. The maximum Gasteiger partial charge on any atom is 0.305 e. The lowest BCUT2D eigenvalue weighted by molar-refractivity contribution is -0.387. The Morgan fingerprint density at radius 2 is 2.18 bits per heavy atom. The normalized spacial score (nSPS) is 20.5. The number of hydrogen-bond acceptors (Lipinski definition) is 4. The second kappa shape index (κ2) is 6.00. The lowest BCUT2D eigenvalue weighted by atomic mass is 9.93. The van der Waals surface area contributed by atoms with Crippen LogP contribution < -0.4 is 5.32 Å². The molecule has 1 atom stereocenters. The van der Waals surface area contributed by atoms with Gasteiger partial charge in [-0.15, -0.1) is 0 Å². The van der Waals surface area contributed by atoms with Crippen LogP contribution in [0.3, 0.4) is 0 Å². The van der Waals surface area contributed by atoms with Gasteiger partial charge >= 0.3 is 5.69 Å². The minimum atomic E-state index is -0.939. The van der Waals surface area contributed by atoms with Gasteiger partial charge in [-0.2, -0.15) is 4.39 Å². The molecule has 0 unspecified atom stereocenters. The Morgan fingerprint density at radius 3 is 2.77 bits per heavy atom. The van der Waals surface area contributed by atoms with Crippen molar-refractivity contribution in [1.82, 2.24) is 5.32 Å². The lowest BCUT2D eigenvalue weighted by Crippen LogP contribution is -2.45. The first-order valence-corrected chi connectivity index (χ1v) is 7.09. The number of nitro benzene ring substituents is 1. The second-order valence-electron chi connectivity index (χ2n) is 6.15. The van der Waals surface area contributed by atoms with Gasteiger partial charge in [0.1, 0.15) is 0 Å². The molecule has 1 aliphatic heterocycles. The molecular weight excluding hydrogens is 291 g/mol. The summed E-state index contributed by atoms with van der Waals surface area (Å²) >= 11 is 0. The fraction of sp³-hybridized carbons (Fsp3) is 0.533. The van der Waals surface area contributed by atoms with Crippen molar-refractivity contribution >= 4 is 11.6 Å². The van der Waals surface area contributed by atoms with Gasteiger partial charge in [0.15, 0.2) is 0 Å². The molecule has 1 heterocycles. The molecule has 1 saturated heterocycles. The topological polar surface area (TPSA) is 81.5 Å². The Morgan fingerprint density at radius 1 is 1.50 bits per heavy atom. The van der Waals surface area contributed by atoms with Crippen LogP contribution in [0.15, 0.2) is 12.1 Å². The zero-order chi connectivity index (χ0) is 16.5. The molecule has 0 bridgehead atoms. The molecule has 1 aromatic carbocycles. The van der Waals surface area contributed by atoms with E-state index in [2.05, 4.69) is 5.32 Å². The molecule has 1 fully saturated rings. The Kier molecular flexibility index (Phi) is 4.46. The van der Waals surface area contributed by atoms with E-state index in [1.807, 2.05) is 13.8 Å². The van der Waals surface area contributed by atoms with E-state index < -0.39 is 22.3 Å². The summed E-state index contributed by atoms with van der Waals surface area (Å²) in [5.41, 5.74) is -0.521. The summed E-state index contributed by atoms with van der Waals surface area (Å²) in [6, 6.07) is 1.94. The van der Waals surface area contributed by atoms with Crippen LogP contribution in [-0.4, -0.2) is 29.1 Å². The third kappa shape index (κ3) is 3.59. The van der Waals surface area contributed by atoms with Crippen molar-refractivity contribution < 1.29 is 18.8 Å². The lowest BCUT2D eigenvalue weighted by Gasteiger charge is -2.35. The van der Waals surface area contributed by atoms with E-state index in [0.29, 0.717) is 25.0 Å². The number of benzene rings is 1. The average molecular weight is 310 g/mol. The van der Waals surface area contributed by atoms with Gasteiger partial charge in [0.25, 0.3) is 5.91 Å². The molecule has 1 aromatic rings. The molecule has 7 heteroatoms. The van der Waals surface area contributed by atoms with Crippen LogP contribution in [0.1, 0.15) is 42.6 Å². The van der Waals surface area contributed by atoms with Crippen molar-refractivity contribution in [3.63, 3.8) is 0 Å². The minimum absolute atomic E-state index is 0.0697. The maximum atomic E-state index is 13.5. The number of nitrogens with zero attached hydrogens (tertiary/aromatic N) is 1. The SMILES string of the molecule is Cc1cc(F)c([N+](=O)[O-])cc1C(=O)N[C@@H]1CCOC(C)(C)C1. The highest BCUT2D eigenvalue weighted by atomic mass is 19.1. The van der Waals surface area contributed by atoms with Crippen LogP contribution in [0, 0.1) is 22.9 Å². The smallest absolute Gasteiger partial charge is 0.305 e. The summed E-state index contributed by atoms with van der Waals surface area (Å²) in [5.74, 6) is -1.37. The molecule has 2 rings (SSSR count). The standard InChI is InChI=1S/C15H19FN2O4/c1-9-6-12(16)13(18(20)21)7-11(9)14(19)17-10-4-5-22-15(2,3)8-10/h6-7,10H,4-5,8H2,1-3H3,(H,17,19)/t10-/m1/s1. The average Bonchev–Trinajstić information content (AvgIpc) is 2.36. The number of nitrogens with one attached hydrogen (secondary N) is 1. The quantitative estimate of drug-likeness (QED) is 0.687. The first kappa shape index (κ1) is 16.4. The number of carbonyl (C=O) groups excluding carboxylic acids is 1. The van der Waals surface area contributed by atoms with Gasteiger partial charge in [-0.25, -0.2) is 0 Å². The van der Waals surface area contributed by atoms with E-state index in [4.69, 9.17) is 4.74 Å². The molecule has 0 saturated carbocycles. The predicted octanol–water partition coefficient (Wildman–Crippen LogP) is 2.73. The summed E-state index contributed by atoms with van der Waals surface area (Å²) in [4.78, 5) is 22.3. The number of nitro groups is 1. The fourth-order valence-electron chi connectivity index (χ4n) is 2.66. The number of ether oxygens (including phenoxy) is 1. The Balaban J connectivity index is 2.19. The number of halogens is 1. The van der Waals surface area contributed by atoms with E-state index in [1.54, 1.807) is 6.92 Å². The number of amides is 1. The first-order valence-electron chi connectivity index (χ1n) is 7.09. The summed E-state index contributed by atoms with van der Waals surface area (Å²) in [6.07, 6.45) is 1.33. The van der Waals surface area contributed by atoms with Gasteiger partial charge in [0, 0.05) is 24.3 Å². The van der Waals surface area contributed by atoms with Gasteiger partial charge in [-0.3, -0.25) is 14.9 Å². The van der Waals surface area contributed by atoms with E-state index in [-0.39, 0.29) is 17.2 Å². The molecule has 1 amide bonds. The molecular formula is C15H19FN2O4. The maximum absolute atomic E-state index is 13.5. The van der Waals surface area contributed by atoms with Crippen LogP contribution in [-0.2, 0) is 4.74 Å². The fourth-order valence-corrected chi connectivity index (χ4v) is 2.66. The van der Waals surface area contributed by atoms with Crippen molar-refractivity contribution in [1.29, 1.82) is 0 Å². The predicted molar refractivity (Wildman–Crippen MR) is 78.3 cm³/mol. The third-order valence-electron chi connectivity index (χ3n) is 3.77. The van der Waals surface area contributed by atoms with Crippen LogP contribution in [0.4, 0.5) is 10.1 Å². The number of aryl methyl sites for hydroxylation is 1. The Labute approximate surface area is 127 Å². The summed E-state index contributed by atoms with van der Waals surface area (Å²) in [5, 5.41) is 13.7. The molecule has 0 radical (unpaired) electrons. The van der Waals surface area contributed by atoms with E-state index in [9.17, 15) is 19.3 Å². The molecule has 1 N–H and O–H groups in total. The van der Waals surface area contributed by atoms with Crippen molar-refractivity contribution in [2.24, 2.45) is 0 Å². The minimum Gasteiger partial charge on any atom is -0.375 e. The van der Waals surface area contributed by atoms with Gasteiger partial charge in [0.05, 0.1) is 10.5 Å². The van der Waals surface area contributed by atoms with Gasteiger partial charge in [-0.05, 0) is 45.2 Å². The Hall–Kier alpha value is -2.02. The van der Waals surface area contributed by atoms with Gasteiger partial charge in [0.2, 0.25) is 5.82 Å². The molecule has 0 aromatic heterocycles. The second-order valence-corrected chi connectivity index (χ2v) is 6.15. The van der Waals surface area contributed by atoms with Crippen molar-refractivity contribution in [3.05, 3.63) is 39.2 Å². The van der Waals surface area contributed by atoms with Gasteiger partial charge < -0.3 is 10.1 Å². The van der Waals surface area contributed by atoms with Gasteiger partial charge in [-0.1, -0.05) is 0 Å².